The minimum Gasteiger partial charge on any atom is -0.456 e. The second-order valence-corrected chi connectivity index (χ2v) is 13.0. The lowest BCUT2D eigenvalue weighted by atomic mass is 9.94. The molecular formula is C50H35NO. The maximum atomic E-state index is 6.45. The molecule has 0 saturated heterocycles. The molecule has 0 bridgehead atoms. The molecule has 0 aliphatic carbocycles. The van der Waals surface area contributed by atoms with Gasteiger partial charge in [-0.2, -0.15) is 0 Å². The Morgan fingerprint density at radius 3 is 1.40 bits per heavy atom. The third-order valence-electron chi connectivity index (χ3n) is 9.71. The number of fused-ring (bicyclic) bond motifs is 1. The maximum Gasteiger partial charge on any atom is 0.137 e. The third kappa shape index (κ3) is 6.08. The van der Waals surface area contributed by atoms with Crippen LogP contribution in [0.5, 0.6) is 0 Å². The van der Waals surface area contributed by atoms with Crippen LogP contribution in [0.25, 0.3) is 66.8 Å². The zero-order valence-electron chi connectivity index (χ0n) is 28.6. The highest BCUT2D eigenvalue weighted by atomic mass is 16.3. The van der Waals surface area contributed by atoms with Gasteiger partial charge in [-0.3, -0.25) is 0 Å². The number of benzene rings is 8. The second kappa shape index (κ2) is 13.8. The molecule has 0 aliphatic rings. The van der Waals surface area contributed by atoms with Gasteiger partial charge < -0.3 is 9.32 Å². The van der Waals surface area contributed by atoms with Crippen LogP contribution in [-0.2, 0) is 0 Å². The monoisotopic (exact) mass is 665 g/mol. The number of rotatable bonds is 8. The van der Waals surface area contributed by atoms with E-state index in [0.29, 0.717) is 0 Å². The Morgan fingerprint density at radius 2 is 0.769 bits per heavy atom. The standard InChI is InChI=1S/C50H35NO/c1-3-14-36(15-4-1)40-19-13-20-41(34-40)37-26-30-43(31-27-37)51(48-24-11-10-23-47(48)50-35-42-18-7-12-25-49(42)52-50)44-32-28-39(29-33-44)46-22-9-8-21-45(46)38-16-5-2-6-17-38/h1-35H. The molecule has 9 rings (SSSR count). The van der Waals surface area contributed by atoms with E-state index in [1.807, 2.05) is 12.1 Å². The van der Waals surface area contributed by atoms with Gasteiger partial charge in [0, 0.05) is 22.3 Å². The molecule has 1 heterocycles. The van der Waals surface area contributed by atoms with Crippen LogP contribution in [0, 0.1) is 0 Å². The van der Waals surface area contributed by atoms with Gasteiger partial charge in [0.1, 0.15) is 11.3 Å². The van der Waals surface area contributed by atoms with Gasteiger partial charge in [0.15, 0.2) is 0 Å². The Hall–Kier alpha value is -6.90. The van der Waals surface area contributed by atoms with Gasteiger partial charge in [0.05, 0.1) is 5.69 Å². The van der Waals surface area contributed by atoms with Crippen molar-refractivity contribution in [2.75, 3.05) is 4.90 Å². The average Bonchev–Trinajstić information content (AvgIpc) is 3.67. The zero-order valence-corrected chi connectivity index (χ0v) is 28.6. The average molecular weight is 666 g/mol. The molecule has 0 spiro atoms. The van der Waals surface area contributed by atoms with E-state index in [9.17, 15) is 0 Å². The predicted molar refractivity (Wildman–Crippen MR) is 218 cm³/mol. The van der Waals surface area contributed by atoms with Gasteiger partial charge in [0.25, 0.3) is 0 Å². The lowest BCUT2D eigenvalue weighted by Crippen LogP contribution is -2.11. The van der Waals surface area contributed by atoms with E-state index in [2.05, 4.69) is 205 Å². The highest BCUT2D eigenvalue weighted by molar-refractivity contribution is 5.92. The van der Waals surface area contributed by atoms with Crippen LogP contribution in [0.2, 0.25) is 0 Å². The first-order valence-corrected chi connectivity index (χ1v) is 17.7. The fourth-order valence-electron chi connectivity index (χ4n) is 7.13. The number of para-hydroxylation sites is 2. The molecule has 1 aromatic heterocycles. The van der Waals surface area contributed by atoms with Crippen molar-refractivity contribution in [1.29, 1.82) is 0 Å². The molecule has 246 valence electrons. The van der Waals surface area contributed by atoms with Crippen molar-refractivity contribution in [3.05, 3.63) is 212 Å². The minimum absolute atomic E-state index is 0.838. The highest BCUT2D eigenvalue weighted by Crippen LogP contribution is 2.43. The lowest BCUT2D eigenvalue weighted by Gasteiger charge is -2.28. The van der Waals surface area contributed by atoms with E-state index >= 15 is 0 Å². The Labute approximate surface area is 304 Å². The van der Waals surface area contributed by atoms with Gasteiger partial charge in [-0.25, -0.2) is 0 Å². The number of nitrogens with zero attached hydrogens (tertiary/aromatic N) is 1. The van der Waals surface area contributed by atoms with Crippen molar-refractivity contribution in [1.82, 2.24) is 0 Å². The molecule has 0 amide bonds. The maximum absolute atomic E-state index is 6.45. The van der Waals surface area contributed by atoms with E-state index in [-0.39, 0.29) is 0 Å². The summed E-state index contributed by atoms with van der Waals surface area (Å²) >= 11 is 0. The van der Waals surface area contributed by atoms with Crippen molar-refractivity contribution in [3.8, 4) is 55.8 Å². The number of anilines is 3. The van der Waals surface area contributed by atoms with E-state index in [1.165, 1.54) is 44.5 Å². The van der Waals surface area contributed by atoms with Gasteiger partial charge in [-0.1, -0.05) is 158 Å². The van der Waals surface area contributed by atoms with Crippen LogP contribution in [0.15, 0.2) is 217 Å². The molecule has 0 fully saturated rings. The molecule has 0 N–H and O–H groups in total. The molecular weight excluding hydrogens is 631 g/mol. The molecule has 0 saturated carbocycles. The van der Waals surface area contributed by atoms with E-state index in [1.54, 1.807) is 0 Å². The first-order valence-electron chi connectivity index (χ1n) is 17.7. The van der Waals surface area contributed by atoms with E-state index < -0.39 is 0 Å². The van der Waals surface area contributed by atoms with Crippen molar-refractivity contribution in [2.24, 2.45) is 0 Å². The van der Waals surface area contributed by atoms with E-state index in [4.69, 9.17) is 4.42 Å². The summed E-state index contributed by atoms with van der Waals surface area (Å²) < 4.78 is 6.45. The molecule has 52 heavy (non-hydrogen) atoms. The first-order chi connectivity index (χ1) is 25.8. The van der Waals surface area contributed by atoms with Crippen molar-refractivity contribution >= 4 is 28.0 Å². The zero-order chi connectivity index (χ0) is 34.7. The van der Waals surface area contributed by atoms with Gasteiger partial charge >= 0.3 is 0 Å². The summed E-state index contributed by atoms with van der Waals surface area (Å²) in [6, 6.07) is 75.2. The number of hydrogen-bond acceptors (Lipinski definition) is 2. The molecule has 0 unspecified atom stereocenters. The summed E-state index contributed by atoms with van der Waals surface area (Å²) in [5.41, 5.74) is 14.6. The van der Waals surface area contributed by atoms with Gasteiger partial charge in [-0.15, -0.1) is 0 Å². The van der Waals surface area contributed by atoms with Crippen LogP contribution in [-0.4, -0.2) is 0 Å². The Bertz CT molecular complexity index is 2570. The van der Waals surface area contributed by atoms with Crippen LogP contribution >= 0.6 is 0 Å². The summed E-state index contributed by atoms with van der Waals surface area (Å²) in [6.07, 6.45) is 0. The van der Waals surface area contributed by atoms with Crippen molar-refractivity contribution in [2.45, 2.75) is 0 Å². The number of hydrogen-bond donors (Lipinski definition) is 0. The fourth-order valence-corrected chi connectivity index (χ4v) is 7.13. The predicted octanol–water partition coefficient (Wildman–Crippen LogP) is 14.2. The molecule has 9 aromatic rings. The molecule has 8 aromatic carbocycles. The molecule has 0 atom stereocenters. The highest BCUT2D eigenvalue weighted by Gasteiger charge is 2.20. The van der Waals surface area contributed by atoms with Crippen molar-refractivity contribution < 1.29 is 4.42 Å². The summed E-state index contributed by atoms with van der Waals surface area (Å²) in [7, 11) is 0. The second-order valence-electron chi connectivity index (χ2n) is 13.0. The van der Waals surface area contributed by atoms with Crippen molar-refractivity contribution in [3.63, 3.8) is 0 Å². The van der Waals surface area contributed by atoms with Crippen LogP contribution in [0.4, 0.5) is 17.1 Å². The molecule has 0 aliphatic heterocycles. The van der Waals surface area contributed by atoms with Gasteiger partial charge in [0.2, 0.25) is 0 Å². The summed E-state index contributed by atoms with van der Waals surface area (Å²) in [5, 5.41) is 1.09. The van der Waals surface area contributed by atoms with Gasteiger partial charge in [-0.05, 0) is 99.1 Å². The third-order valence-corrected chi connectivity index (χ3v) is 9.71. The topological polar surface area (TPSA) is 16.4 Å². The molecule has 2 nitrogen and oxygen atoms in total. The molecule has 2 heteroatoms. The smallest absolute Gasteiger partial charge is 0.137 e. The van der Waals surface area contributed by atoms with Crippen LogP contribution in [0.1, 0.15) is 0 Å². The summed E-state index contributed by atoms with van der Waals surface area (Å²) in [4.78, 5) is 2.33. The Morgan fingerprint density at radius 1 is 0.308 bits per heavy atom. The summed E-state index contributed by atoms with van der Waals surface area (Å²) in [5.74, 6) is 0.838. The minimum atomic E-state index is 0.838. The number of furan rings is 1. The molecule has 0 radical (unpaired) electrons. The SMILES string of the molecule is c1ccc(-c2cccc(-c3ccc(N(c4ccc(-c5ccccc5-c5ccccc5)cc4)c4ccccc4-c4cc5ccccc5o4)cc3)c2)cc1. The first kappa shape index (κ1) is 31.1. The fraction of sp³-hybridized carbons (Fsp3) is 0. The lowest BCUT2D eigenvalue weighted by molar-refractivity contribution is 0.631. The Balaban J connectivity index is 1.14. The summed E-state index contributed by atoms with van der Waals surface area (Å²) in [6.45, 7) is 0. The van der Waals surface area contributed by atoms with E-state index in [0.717, 1.165) is 39.4 Å². The van der Waals surface area contributed by atoms with Crippen LogP contribution < -0.4 is 4.90 Å². The normalized spacial score (nSPS) is 11.1. The quantitative estimate of drug-likeness (QED) is 0.161. The largest absolute Gasteiger partial charge is 0.456 e. The van der Waals surface area contributed by atoms with Crippen LogP contribution in [0.3, 0.4) is 0 Å². The Kier molecular flexibility index (Phi) is 8.24.